The standard InChI is InChI=1S/C26H22N2O7S2/c1-19-11-17-23(18-12-19)37(32,33)35-25-10-6-5-9-24(25)28(26(27)29)20-13-15-21(16-14-20)34-36(30,31)22-7-3-2-4-8-22/h2-18H,1H3,(H2,27,29). The highest BCUT2D eigenvalue weighted by Crippen LogP contribution is 2.36. The first kappa shape index (κ1) is 25.7. The van der Waals surface area contributed by atoms with Gasteiger partial charge in [-0.1, -0.05) is 48.0 Å². The third-order valence-electron chi connectivity index (χ3n) is 5.17. The lowest BCUT2D eigenvalue weighted by Gasteiger charge is -2.23. The zero-order valence-corrected chi connectivity index (χ0v) is 21.1. The van der Waals surface area contributed by atoms with Gasteiger partial charge in [-0.25, -0.2) is 4.79 Å². The predicted molar refractivity (Wildman–Crippen MR) is 138 cm³/mol. The Morgan fingerprint density at radius 3 is 1.84 bits per heavy atom. The zero-order valence-electron chi connectivity index (χ0n) is 19.5. The molecule has 4 aromatic rings. The average Bonchev–Trinajstić information content (AvgIpc) is 2.86. The molecule has 4 rings (SSSR count). The fraction of sp³-hybridized carbons (Fsp3) is 0.0385. The van der Waals surface area contributed by atoms with Crippen LogP contribution in [0.1, 0.15) is 5.56 Å². The first-order valence-electron chi connectivity index (χ1n) is 10.9. The molecule has 0 aromatic heterocycles. The van der Waals surface area contributed by atoms with E-state index < -0.39 is 26.3 Å². The number of amides is 2. The lowest BCUT2D eigenvalue weighted by molar-refractivity contribution is 0.256. The topological polar surface area (TPSA) is 133 Å². The van der Waals surface area contributed by atoms with E-state index in [0.717, 1.165) is 10.5 Å². The SMILES string of the molecule is Cc1ccc(S(=O)(=O)Oc2ccccc2N(C(N)=O)c2ccc(OS(=O)(=O)c3ccccc3)cc2)cc1. The van der Waals surface area contributed by atoms with E-state index >= 15 is 0 Å². The Bertz CT molecular complexity index is 1620. The van der Waals surface area contributed by atoms with Crippen LogP contribution < -0.4 is 19.0 Å². The van der Waals surface area contributed by atoms with E-state index in [-0.39, 0.29) is 32.7 Å². The summed E-state index contributed by atoms with van der Waals surface area (Å²) in [4.78, 5) is 13.4. The van der Waals surface area contributed by atoms with Crippen molar-refractivity contribution in [1.82, 2.24) is 0 Å². The molecule has 2 amide bonds. The van der Waals surface area contributed by atoms with Crippen molar-refractivity contribution in [1.29, 1.82) is 0 Å². The molecule has 0 aliphatic rings. The van der Waals surface area contributed by atoms with Crippen molar-refractivity contribution in [2.75, 3.05) is 4.90 Å². The van der Waals surface area contributed by atoms with Gasteiger partial charge in [0, 0.05) is 0 Å². The van der Waals surface area contributed by atoms with E-state index in [2.05, 4.69) is 0 Å². The predicted octanol–water partition coefficient (Wildman–Crippen LogP) is 4.75. The van der Waals surface area contributed by atoms with Crippen LogP contribution in [0.5, 0.6) is 11.5 Å². The summed E-state index contributed by atoms with van der Waals surface area (Å²) >= 11 is 0. The fourth-order valence-electron chi connectivity index (χ4n) is 3.38. The molecule has 9 nitrogen and oxygen atoms in total. The minimum atomic E-state index is -4.21. The summed E-state index contributed by atoms with van der Waals surface area (Å²) in [6.45, 7) is 1.82. The van der Waals surface area contributed by atoms with Crippen LogP contribution in [0, 0.1) is 6.92 Å². The minimum absolute atomic E-state index is 0.00325. The smallest absolute Gasteiger partial charge is 0.339 e. The maximum Gasteiger partial charge on any atom is 0.339 e. The number of hydrogen-bond acceptors (Lipinski definition) is 7. The van der Waals surface area contributed by atoms with Crippen LogP contribution in [0.2, 0.25) is 0 Å². The molecule has 37 heavy (non-hydrogen) atoms. The van der Waals surface area contributed by atoms with Crippen molar-refractivity contribution >= 4 is 37.6 Å². The van der Waals surface area contributed by atoms with Gasteiger partial charge in [-0.15, -0.1) is 0 Å². The highest BCUT2D eigenvalue weighted by atomic mass is 32.2. The lowest BCUT2D eigenvalue weighted by atomic mass is 10.2. The van der Waals surface area contributed by atoms with Crippen LogP contribution in [0.3, 0.4) is 0 Å². The number of rotatable bonds is 8. The second kappa shape index (κ2) is 10.3. The van der Waals surface area contributed by atoms with Crippen molar-refractivity contribution in [2.24, 2.45) is 5.73 Å². The number of aryl methyl sites for hydroxylation is 1. The minimum Gasteiger partial charge on any atom is -0.379 e. The Hall–Kier alpha value is -4.35. The van der Waals surface area contributed by atoms with E-state index in [1.54, 1.807) is 42.5 Å². The molecule has 2 N–H and O–H groups in total. The van der Waals surface area contributed by atoms with Gasteiger partial charge in [0.15, 0.2) is 5.75 Å². The summed E-state index contributed by atoms with van der Waals surface area (Å²) in [5.74, 6) is -0.127. The molecule has 0 aliphatic heterocycles. The average molecular weight is 539 g/mol. The van der Waals surface area contributed by atoms with E-state index in [4.69, 9.17) is 14.1 Å². The number of urea groups is 1. The van der Waals surface area contributed by atoms with Gasteiger partial charge >= 0.3 is 26.3 Å². The van der Waals surface area contributed by atoms with Gasteiger partial charge in [0.1, 0.15) is 15.5 Å². The van der Waals surface area contributed by atoms with Gasteiger partial charge in [0.05, 0.1) is 11.4 Å². The van der Waals surface area contributed by atoms with Crippen LogP contribution >= 0.6 is 0 Å². The number of nitrogens with two attached hydrogens (primary N) is 1. The highest BCUT2D eigenvalue weighted by Gasteiger charge is 2.24. The van der Waals surface area contributed by atoms with E-state index in [1.807, 2.05) is 6.92 Å². The van der Waals surface area contributed by atoms with Crippen molar-refractivity contribution in [3.63, 3.8) is 0 Å². The first-order valence-corrected chi connectivity index (χ1v) is 13.7. The molecule has 0 aliphatic carbocycles. The summed E-state index contributed by atoms with van der Waals surface area (Å²) in [5, 5.41) is 0. The summed E-state index contributed by atoms with van der Waals surface area (Å²) in [6.07, 6.45) is 0. The van der Waals surface area contributed by atoms with Crippen molar-refractivity contribution in [3.8, 4) is 11.5 Å². The number of primary amides is 1. The molecule has 0 saturated carbocycles. The summed E-state index contributed by atoms with van der Waals surface area (Å²) < 4.78 is 61.2. The summed E-state index contributed by atoms with van der Waals surface area (Å²) in [7, 11) is -8.28. The summed E-state index contributed by atoms with van der Waals surface area (Å²) in [6, 6.07) is 24.3. The number of nitrogens with zero attached hydrogens (tertiary/aromatic N) is 1. The second-order valence-corrected chi connectivity index (χ2v) is 10.9. The van der Waals surface area contributed by atoms with Gasteiger partial charge in [-0.2, -0.15) is 16.8 Å². The molecule has 0 bridgehead atoms. The Kier molecular flexibility index (Phi) is 7.18. The molecule has 4 aromatic carbocycles. The monoisotopic (exact) mass is 538 g/mol. The Morgan fingerprint density at radius 2 is 1.22 bits per heavy atom. The molecule has 0 heterocycles. The van der Waals surface area contributed by atoms with Gasteiger partial charge in [0.25, 0.3) is 0 Å². The third kappa shape index (κ3) is 5.90. The Morgan fingerprint density at radius 1 is 0.676 bits per heavy atom. The van der Waals surface area contributed by atoms with Crippen LogP contribution in [0.4, 0.5) is 16.2 Å². The molecular weight excluding hydrogens is 516 g/mol. The second-order valence-electron chi connectivity index (χ2n) is 7.84. The van der Waals surface area contributed by atoms with Crippen LogP contribution in [-0.4, -0.2) is 22.9 Å². The number of anilines is 2. The van der Waals surface area contributed by atoms with Crippen LogP contribution in [0.25, 0.3) is 0 Å². The molecule has 0 saturated heterocycles. The van der Waals surface area contributed by atoms with Gasteiger partial charge in [-0.05, 0) is 67.6 Å². The van der Waals surface area contributed by atoms with E-state index in [0.29, 0.717) is 0 Å². The third-order valence-corrected chi connectivity index (χ3v) is 7.68. The molecule has 0 radical (unpaired) electrons. The highest BCUT2D eigenvalue weighted by molar-refractivity contribution is 7.87. The van der Waals surface area contributed by atoms with Gasteiger partial charge < -0.3 is 14.1 Å². The number of carbonyl (C=O) groups is 1. The number of carbonyl (C=O) groups excluding carboxylic acids is 1. The van der Waals surface area contributed by atoms with Crippen molar-refractivity contribution < 1.29 is 30.0 Å². The number of para-hydroxylation sites is 2. The quantitative estimate of drug-likeness (QED) is 0.320. The van der Waals surface area contributed by atoms with Gasteiger partial charge in [-0.3, -0.25) is 4.90 Å². The molecule has 0 atom stereocenters. The molecule has 0 spiro atoms. The summed E-state index contributed by atoms with van der Waals surface area (Å²) in [5.41, 5.74) is 6.80. The zero-order chi connectivity index (χ0) is 26.6. The Labute approximate surface area is 214 Å². The maximum absolute atomic E-state index is 12.9. The number of hydrogen-bond donors (Lipinski definition) is 1. The fourth-order valence-corrected chi connectivity index (χ4v) is 5.28. The molecule has 190 valence electrons. The van der Waals surface area contributed by atoms with E-state index in [9.17, 15) is 21.6 Å². The molecule has 11 heteroatoms. The van der Waals surface area contributed by atoms with Gasteiger partial charge in [0.2, 0.25) is 0 Å². The van der Waals surface area contributed by atoms with Crippen LogP contribution in [0.15, 0.2) is 113 Å². The molecule has 0 unspecified atom stereocenters. The largest absolute Gasteiger partial charge is 0.379 e. The lowest BCUT2D eigenvalue weighted by Crippen LogP contribution is -2.32. The van der Waals surface area contributed by atoms with Crippen LogP contribution in [-0.2, 0) is 20.2 Å². The number of benzene rings is 4. The maximum atomic E-state index is 12.9. The molecular formula is C26H22N2O7S2. The van der Waals surface area contributed by atoms with Crippen molar-refractivity contribution in [3.05, 3.63) is 109 Å². The van der Waals surface area contributed by atoms with Crippen molar-refractivity contribution in [2.45, 2.75) is 16.7 Å². The Balaban J connectivity index is 1.63. The van der Waals surface area contributed by atoms with E-state index in [1.165, 1.54) is 60.7 Å². The first-order chi connectivity index (χ1) is 17.6. The normalized spacial score (nSPS) is 11.5. The molecule has 0 fully saturated rings.